The third-order valence-electron chi connectivity index (χ3n) is 13.6. The Morgan fingerprint density at radius 3 is 2.11 bits per heavy atom. The number of aliphatic hydroxyl groups excluding tert-OH is 3. The second kappa shape index (κ2) is 7.58. The van der Waals surface area contributed by atoms with Crippen LogP contribution in [0.2, 0.25) is 0 Å². The molecule has 12 atom stereocenters. The van der Waals surface area contributed by atoms with Gasteiger partial charge in [-0.2, -0.15) is 0 Å². The zero-order valence-electron chi connectivity index (χ0n) is 23.2. The number of carboxylic acid groups (broad SMARTS) is 1. The van der Waals surface area contributed by atoms with Gasteiger partial charge in [-0.1, -0.05) is 53.2 Å². The predicted octanol–water partition coefficient (Wildman–Crippen LogP) is 4.15. The van der Waals surface area contributed by atoms with Crippen LogP contribution in [0, 0.1) is 50.7 Å². The Morgan fingerprint density at radius 2 is 1.50 bits per heavy atom. The number of allylic oxidation sites excluding steroid dienone is 2. The minimum atomic E-state index is -1.19. The van der Waals surface area contributed by atoms with Gasteiger partial charge >= 0.3 is 5.97 Å². The van der Waals surface area contributed by atoms with E-state index in [0.29, 0.717) is 25.7 Å². The van der Waals surface area contributed by atoms with E-state index < -0.39 is 46.1 Å². The van der Waals surface area contributed by atoms with Gasteiger partial charge in [-0.25, -0.2) is 0 Å². The Bertz CT molecular complexity index is 986. The van der Waals surface area contributed by atoms with Crippen LogP contribution in [-0.4, -0.2) is 55.4 Å². The largest absolute Gasteiger partial charge is 0.481 e. The molecule has 0 aromatic heterocycles. The first kappa shape index (κ1) is 26.6. The number of rotatable bonds is 1. The molecule has 4 fully saturated rings. The molecule has 5 N–H and O–H groups in total. The van der Waals surface area contributed by atoms with Crippen LogP contribution in [-0.2, 0) is 4.79 Å². The number of carboxylic acids is 1. The van der Waals surface area contributed by atoms with Crippen molar-refractivity contribution in [2.45, 2.75) is 117 Å². The molecule has 5 rings (SSSR count). The van der Waals surface area contributed by atoms with E-state index in [2.05, 4.69) is 26.8 Å². The molecule has 0 unspecified atom stereocenters. The van der Waals surface area contributed by atoms with Crippen LogP contribution in [0.1, 0.15) is 93.4 Å². The van der Waals surface area contributed by atoms with Gasteiger partial charge in [0.2, 0.25) is 0 Å². The minimum Gasteiger partial charge on any atom is -0.481 e. The zero-order chi connectivity index (χ0) is 26.9. The lowest BCUT2D eigenvalue weighted by Gasteiger charge is -2.72. The van der Waals surface area contributed by atoms with E-state index in [1.54, 1.807) is 0 Å². The summed E-state index contributed by atoms with van der Waals surface area (Å²) >= 11 is 0. The highest BCUT2D eigenvalue weighted by Gasteiger charge is 2.72. The van der Waals surface area contributed by atoms with Crippen LogP contribution in [0.4, 0.5) is 0 Å². The Labute approximate surface area is 216 Å². The maximum absolute atomic E-state index is 12.8. The first-order valence-electron chi connectivity index (χ1n) is 14.1. The Hall–Kier alpha value is -0.950. The highest BCUT2D eigenvalue weighted by molar-refractivity contribution is 5.77. The fourth-order valence-corrected chi connectivity index (χ4v) is 10.9. The van der Waals surface area contributed by atoms with E-state index in [9.17, 15) is 30.3 Å². The van der Waals surface area contributed by atoms with Gasteiger partial charge in [-0.05, 0) is 85.9 Å². The van der Waals surface area contributed by atoms with E-state index in [-0.39, 0.29) is 34.5 Å². The summed E-state index contributed by atoms with van der Waals surface area (Å²) in [5, 5.41) is 55.3. The van der Waals surface area contributed by atoms with Gasteiger partial charge in [0.1, 0.15) is 6.10 Å². The van der Waals surface area contributed by atoms with Gasteiger partial charge in [0.05, 0.1) is 23.2 Å². The molecule has 4 saturated carbocycles. The molecular formula is C30H48O6. The average molecular weight is 505 g/mol. The van der Waals surface area contributed by atoms with Crippen LogP contribution in [0.15, 0.2) is 11.6 Å². The molecule has 0 spiro atoms. The average Bonchev–Trinajstić information content (AvgIpc) is 2.79. The van der Waals surface area contributed by atoms with Crippen molar-refractivity contribution in [1.82, 2.24) is 0 Å². The van der Waals surface area contributed by atoms with E-state index in [0.717, 1.165) is 19.3 Å². The van der Waals surface area contributed by atoms with Crippen LogP contribution >= 0.6 is 0 Å². The third-order valence-corrected chi connectivity index (χ3v) is 13.6. The fraction of sp³-hybridized carbons (Fsp3) is 0.900. The van der Waals surface area contributed by atoms with Crippen molar-refractivity contribution >= 4 is 5.97 Å². The molecular weight excluding hydrogens is 456 g/mol. The second-order valence-corrected chi connectivity index (χ2v) is 14.9. The van der Waals surface area contributed by atoms with Crippen LogP contribution in [0.3, 0.4) is 0 Å². The molecule has 0 radical (unpaired) electrons. The molecule has 0 amide bonds. The third kappa shape index (κ3) is 2.85. The molecule has 0 saturated heterocycles. The molecule has 5 aliphatic rings. The SMILES string of the molecule is C[C@@H]1[C@H]2C3=CC[C@@H]4[C@@]5(C)[C@@H](O)[C@H](O)[C@@H](O)C(C)(C)[C@@H]5CC[C@@]4(C)[C@]3(C)CC[C@@]2(C(=O)O)CC[C@]1(C)O. The van der Waals surface area contributed by atoms with Gasteiger partial charge in [0, 0.05) is 11.3 Å². The molecule has 0 aromatic carbocycles. The van der Waals surface area contributed by atoms with E-state index in [1.807, 2.05) is 27.7 Å². The van der Waals surface area contributed by atoms with Crippen LogP contribution in [0.25, 0.3) is 0 Å². The number of aliphatic carboxylic acids is 1. The highest BCUT2D eigenvalue weighted by Crippen LogP contribution is 2.75. The summed E-state index contributed by atoms with van der Waals surface area (Å²) in [5.74, 6) is -0.976. The van der Waals surface area contributed by atoms with Crippen LogP contribution < -0.4 is 0 Å². The summed E-state index contributed by atoms with van der Waals surface area (Å²) in [5.41, 5.74) is -2.12. The molecule has 36 heavy (non-hydrogen) atoms. The number of carbonyl (C=O) groups is 1. The topological polar surface area (TPSA) is 118 Å². The Balaban J connectivity index is 1.66. The number of hydrogen-bond donors (Lipinski definition) is 5. The van der Waals surface area contributed by atoms with Crippen molar-refractivity contribution in [2.24, 2.45) is 50.7 Å². The highest BCUT2D eigenvalue weighted by atomic mass is 16.4. The fourth-order valence-electron chi connectivity index (χ4n) is 10.9. The molecule has 204 valence electrons. The first-order chi connectivity index (χ1) is 16.4. The van der Waals surface area contributed by atoms with Crippen molar-refractivity contribution in [3.05, 3.63) is 11.6 Å². The summed E-state index contributed by atoms with van der Waals surface area (Å²) in [6.45, 7) is 14.7. The monoisotopic (exact) mass is 504 g/mol. The molecule has 0 heterocycles. The van der Waals surface area contributed by atoms with Crippen molar-refractivity contribution in [3.63, 3.8) is 0 Å². The summed E-state index contributed by atoms with van der Waals surface area (Å²) in [7, 11) is 0. The minimum absolute atomic E-state index is 0.0612. The van der Waals surface area contributed by atoms with Crippen LogP contribution in [0.5, 0.6) is 0 Å². The smallest absolute Gasteiger partial charge is 0.310 e. The molecule has 6 nitrogen and oxygen atoms in total. The molecule has 5 aliphatic carbocycles. The summed E-state index contributed by atoms with van der Waals surface area (Å²) in [4.78, 5) is 12.8. The summed E-state index contributed by atoms with van der Waals surface area (Å²) < 4.78 is 0. The number of aliphatic hydroxyl groups is 4. The van der Waals surface area contributed by atoms with Gasteiger partial charge in [-0.15, -0.1) is 0 Å². The maximum Gasteiger partial charge on any atom is 0.310 e. The Morgan fingerprint density at radius 1 is 0.889 bits per heavy atom. The number of fused-ring (bicyclic) bond motifs is 7. The van der Waals surface area contributed by atoms with Gasteiger partial charge < -0.3 is 25.5 Å². The molecule has 0 bridgehead atoms. The second-order valence-electron chi connectivity index (χ2n) is 14.9. The van der Waals surface area contributed by atoms with Gasteiger partial charge in [-0.3, -0.25) is 4.79 Å². The summed E-state index contributed by atoms with van der Waals surface area (Å²) in [6.07, 6.45) is 3.94. The van der Waals surface area contributed by atoms with Crippen molar-refractivity contribution in [1.29, 1.82) is 0 Å². The normalized spacial score (nSPS) is 58.0. The quantitative estimate of drug-likeness (QED) is 0.343. The maximum atomic E-state index is 12.8. The summed E-state index contributed by atoms with van der Waals surface area (Å²) in [6, 6.07) is 0. The van der Waals surface area contributed by atoms with E-state index in [4.69, 9.17) is 0 Å². The van der Waals surface area contributed by atoms with Gasteiger partial charge in [0.25, 0.3) is 0 Å². The zero-order valence-corrected chi connectivity index (χ0v) is 23.2. The van der Waals surface area contributed by atoms with E-state index >= 15 is 0 Å². The molecule has 0 aliphatic heterocycles. The molecule has 6 heteroatoms. The predicted molar refractivity (Wildman–Crippen MR) is 137 cm³/mol. The van der Waals surface area contributed by atoms with Crippen molar-refractivity contribution < 1.29 is 30.3 Å². The number of hydrogen-bond acceptors (Lipinski definition) is 5. The standard InChI is InChI=1S/C30H48O6/c1-16-20-17-8-9-19-27(5,11-10-18-25(2,3)22(32)21(31)23(33)29(18,19)7)26(17,4)12-14-30(20,24(34)35)15-13-28(16,6)36/h8,16,18-23,31-33,36H,9-15H2,1-7H3,(H,34,35)/t16-,18+,19+,20+,21-,22-,23+,26-,27-,28+,29+,30-/m1/s1. The lowest BCUT2D eigenvalue weighted by molar-refractivity contribution is -0.279. The van der Waals surface area contributed by atoms with Crippen molar-refractivity contribution in [3.8, 4) is 0 Å². The van der Waals surface area contributed by atoms with E-state index in [1.165, 1.54) is 5.57 Å². The first-order valence-corrected chi connectivity index (χ1v) is 14.1. The Kier molecular flexibility index (Phi) is 5.61. The lowest BCUT2D eigenvalue weighted by atomic mass is 9.32. The van der Waals surface area contributed by atoms with Gasteiger partial charge in [0.15, 0.2) is 0 Å². The van der Waals surface area contributed by atoms with Crippen molar-refractivity contribution in [2.75, 3.05) is 0 Å². The lowest BCUT2D eigenvalue weighted by Crippen LogP contribution is -2.72. The molecule has 0 aromatic rings.